The molecule has 3 aromatic rings. The predicted octanol–water partition coefficient (Wildman–Crippen LogP) is 5.63. The number of ether oxygens (including phenoxy) is 1. The summed E-state index contributed by atoms with van der Waals surface area (Å²) in [5.74, 6) is 1.31. The predicted molar refractivity (Wildman–Crippen MR) is 160 cm³/mol. The van der Waals surface area contributed by atoms with Crippen molar-refractivity contribution in [1.29, 1.82) is 0 Å². The topological polar surface area (TPSA) is 108 Å². The number of rotatable bonds is 9. The van der Waals surface area contributed by atoms with Gasteiger partial charge in [-0.2, -0.15) is 4.98 Å². The maximum atomic E-state index is 13.4. The number of nitrogens with zero attached hydrogens (tertiary/aromatic N) is 3. The Labute approximate surface area is 242 Å². The summed E-state index contributed by atoms with van der Waals surface area (Å²) in [4.78, 5) is 25.1. The van der Waals surface area contributed by atoms with Gasteiger partial charge in [-0.25, -0.2) is 4.98 Å². The molecule has 0 spiro atoms. The van der Waals surface area contributed by atoms with Gasteiger partial charge in [-0.15, -0.1) is 0 Å². The summed E-state index contributed by atoms with van der Waals surface area (Å²) < 4.78 is 19.0. The summed E-state index contributed by atoms with van der Waals surface area (Å²) in [6, 6.07) is 11.4. The second-order valence-electron chi connectivity index (χ2n) is 10.6. The quantitative estimate of drug-likeness (QED) is 0.298. The maximum Gasteiger partial charge on any atom is 0.254 e. The molecular formula is C29H35ClN6O3S. The molecule has 1 amide bonds. The van der Waals surface area contributed by atoms with Gasteiger partial charge in [-0.3, -0.25) is 9.00 Å². The van der Waals surface area contributed by atoms with Crippen LogP contribution in [0.1, 0.15) is 56.5 Å². The molecule has 0 radical (unpaired) electrons. The van der Waals surface area contributed by atoms with Crippen molar-refractivity contribution < 1.29 is 13.7 Å². The molecule has 1 aromatic heterocycles. The first kappa shape index (κ1) is 28.3. The van der Waals surface area contributed by atoms with Crippen LogP contribution < -0.4 is 20.7 Å². The number of piperidine rings is 1. The number of carbonyl (C=O) groups is 1. The maximum absolute atomic E-state index is 13.4. The molecule has 2 aliphatic rings. The highest BCUT2D eigenvalue weighted by molar-refractivity contribution is 7.85. The molecule has 40 heavy (non-hydrogen) atoms. The smallest absolute Gasteiger partial charge is 0.254 e. The lowest BCUT2D eigenvalue weighted by Crippen LogP contribution is -2.43. The van der Waals surface area contributed by atoms with Gasteiger partial charge < -0.3 is 25.6 Å². The second-order valence-corrected chi connectivity index (χ2v) is 13.0. The lowest BCUT2D eigenvalue weighted by Gasteiger charge is -2.31. The van der Waals surface area contributed by atoms with Crippen LogP contribution in [-0.2, 0) is 17.3 Å². The third-order valence-corrected chi connectivity index (χ3v) is 8.85. The van der Waals surface area contributed by atoms with Crippen LogP contribution in [0, 0.1) is 0 Å². The zero-order chi connectivity index (χ0) is 28.4. The SMILES string of the molecule is CC(C)Oc1cc2c(cc1Nc1ncc(Cl)c(Nc3ccccc3S(=O)C(C)C)n1)C(=O)N(C1CCNCC1)C2. The molecule has 0 saturated carbocycles. The highest BCUT2D eigenvalue weighted by Gasteiger charge is 2.34. The minimum atomic E-state index is -1.20. The minimum Gasteiger partial charge on any atom is -0.489 e. The third-order valence-electron chi connectivity index (χ3n) is 6.93. The molecule has 1 saturated heterocycles. The van der Waals surface area contributed by atoms with E-state index in [-0.39, 0.29) is 29.3 Å². The van der Waals surface area contributed by atoms with Crippen molar-refractivity contribution in [3.05, 3.63) is 58.7 Å². The molecule has 0 bridgehead atoms. The molecule has 1 unspecified atom stereocenters. The van der Waals surface area contributed by atoms with Gasteiger partial charge in [0, 0.05) is 23.4 Å². The van der Waals surface area contributed by atoms with Gasteiger partial charge in [-0.1, -0.05) is 37.6 Å². The van der Waals surface area contributed by atoms with Crippen LogP contribution in [0.5, 0.6) is 5.75 Å². The first-order chi connectivity index (χ1) is 19.2. The molecule has 2 aromatic carbocycles. The summed E-state index contributed by atoms with van der Waals surface area (Å²) >= 11 is 6.46. The Kier molecular flexibility index (Phi) is 8.58. The zero-order valence-corrected chi connectivity index (χ0v) is 24.7. The van der Waals surface area contributed by atoms with Gasteiger partial charge in [0.1, 0.15) is 10.8 Å². The normalized spacial score (nSPS) is 16.4. The van der Waals surface area contributed by atoms with Crippen LogP contribution in [0.25, 0.3) is 0 Å². The number of fused-ring (bicyclic) bond motifs is 1. The average Bonchev–Trinajstić information content (AvgIpc) is 3.25. The number of aromatic nitrogens is 2. The van der Waals surface area contributed by atoms with Crippen LogP contribution >= 0.6 is 11.6 Å². The van der Waals surface area contributed by atoms with Crippen molar-refractivity contribution >= 4 is 51.4 Å². The van der Waals surface area contributed by atoms with Gasteiger partial charge in [-0.05, 0) is 69.6 Å². The Hall–Kier alpha value is -3.21. The standard InChI is InChI=1S/C29H35ClN6O3S/c1-17(2)39-25-13-19-16-36(20-9-11-31-12-10-20)28(37)21(19)14-24(25)34-29-32-15-22(30)27(35-29)33-23-7-5-6-8-26(23)40(38)18(3)4/h5-8,13-15,17-18,20,31H,9-12,16H2,1-4H3,(H2,32,33,34,35). The number of amides is 1. The van der Waals surface area contributed by atoms with E-state index in [0.29, 0.717) is 45.0 Å². The zero-order valence-electron chi connectivity index (χ0n) is 23.2. The molecule has 3 heterocycles. The summed E-state index contributed by atoms with van der Waals surface area (Å²) in [5.41, 5.74) is 2.88. The van der Waals surface area contributed by atoms with Gasteiger partial charge >= 0.3 is 0 Å². The van der Waals surface area contributed by atoms with E-state index in [2.05, 4.69) is 25.9 Å². The number of benzene rings is 2. The van der Waals surface area contributed by atoms with Crippen molar-refractivity contribution in [3.63, 3.8) is 0 Å². The Morgan fingerprint density at radius 2 is 1.85 bits per heavy atom. The molecule has 212 valence electrons. The summed E-state index contributed by atoms with van der Waals surface area (Å²) in [6.45, 7) is 10.2. The first-order valence-electron chi connectivity index (χ1n) is 13.6. The van der Waals surface area contributed by atoms with E-state index in [4.69, 9.17) is 16.3 Å². The number of hydrogen-bond acceptors (Lipinski definition) is 8. The highest BCUT2D eigenvalue weighted by Crippen LogP contribution is 2.37. The number of para-hydroxylation sites is 1. The largest absolute Gasteiger partial charge is 0.489 e. The fourth-order valence-electron chi connectivity index (χ4n) is 4.99. The van der Waals surface area contributed by atoms with Crippen molar-refractivity contribution in [2.45, 2.75) is 69.4 Å². The Balaban J connectivity index is 1.44. The van der Waals surface area contributed by atoms with Crippen molar-refractivity contribution in [2.24, 2.45) is 0 Å². The van der Waals surface area contributed by atoms with Crippen molar-refractivity contribution in [3.8, 4) is 5.75 Å². The molecule has 5 rings (SSSR count). The number of hydrogen-bond donors (Lipinski definition) is 3. The van der Waals surface area contributed by atoms with Gasteiger partial charge in [0.05, 0.1) is 39.4 Å². The van der Waals surface area contributed by atoms with Crippen LogP contribution in [0.4, 0.5) is 23.1 Å². The lowest BCUT2D eigenvalue weighted by atomic mass is 10.1. The van der Waals surface area contributed by atoms with Crippen LogP contribution in [0.15, 0.2) is 47.5 Å². The molecule has 1 fully saturated rings. The molecule has 9 nitrogen and oxygen atoms in total. The third kappa shape index (κ3) is 6.09. The van der Waals surface area contributed by atoms with E-state index >= 15 is 0 Å². The number of anilines is 4. The summed E-state index contributed by atoms with van der Waals surface area (Å²) in [6.07, 6.45) is 3.32. The monoisotopic (exact) mass is 582 g/mol. The van der Waals surface area contributed by atoms with Crippen molar-refractivity contribution in [2.75, 3.05) is 23.7 Å². The number of carbonyl (C=O) groups excluding carboxylic acids is 1. The van der Waals surface area contributed by atoms with E-state index < -0.39 is 10.8 Å². The Morgan fingerprint density at radius 3 is 2.58 bits per heavy atom. The van der Waals surface area contributed by atoms with Crippen LogP contribution in [0.3, 0.4) is 0 Å². The number of halogens is 1. The fourth-order valence-corrected chi connectivity index (χ4v) is 6.18. The van der Waals surface area contributed by atoms with E-state index in [1.807, 2.05) is 69.0 Å². The lowest BCUT2D eigenvalue weighted by molar-refractivity contribution is 0.0668. The van der Waals surface area contributed by atoms with Gasteiger partial charge in [0.25, 0.3) is 5.91 Å². The van der Waals surface area contributed by atoms with Crippen LogP contribution in [0.2, 0.25) is 5.02 Å². The van der Waals surface area contributed by atoms with Crippen LogP contribution in [-0.4, -0.2) is 55.5 Å². The van der Waals surface area contributed by atoms with Gasteiger partial charge in [0.2, 0.25) is 5.95 Å². The Bertz CT molecular complexity index is 1430. The molecule has 2 aliphatic heterocycles. The highest BCUT2D eigenvalue weighted by atomic mass is 35.5. The summed E-state index contributed by atoms with van der Waals surface area (Å²) in [7, 11) is -1.20. The molecule has 1 atom stereocenters. The molecule has 11 heteroatoms. The van der Waals surface area contributed by atoms with E-state index in [1.54, 1.807) is 0 Å². The molecule has 3 N–H and O–H groups in total. The molecule has 0 aliphatic carbocycles. The van der Waals surface area contributed by atoms with Crippen molar-refractivity contribution in [1.82, 2.24) is 20.2 Å². The molecular weight excluding hydrogens is 548 g/mol. The minimum absolute atomic E-state index is 0.0372. The average molecular weight is 583 g/mol. The fraction of sp³-hybridized carbons (Fsp3) is 0.414. The van der Waals surface area contributed by atoms with E-state index in [0.717, 1.165) is 31.5 Å². The second kappa shape index (κ2) is 12.1. The Morgan fingerprint density at radius 1 is 1.10 bits per heavy atom. The summed E-state index contributed by atoms with van der Waals surface area (Å²) in [5, 5.41) is 10.1. The van der Waals surface area contributed by atoms with Gasteiger partial charge in [0.15, 0.2) is 5.82 Å². The van der Waals surface area contributed by atoms with E-state index in [1.165, 1.54) is 6.20 Å². The van der Waals surface area contributed by atoms with E-state index in [9.17, 15) is 9.00 Å². The first-order valence-corrected chi connectivity index (χ1v) is 15.2. The number of nitrogens with one attached hydrogen (secondary N) is 3.